The Bertz CT molecular complexity index is 1220. The molecule has 0 saturated heterocycles. The van der Waals surface area contributed by atoms with Gasteiger partial charge in [-0.2, -0.15) is 0 Å². The van der Waals surface area contributed by atoms with E-state index < -0.39 is 48.3 Å². The molecule has 1 N–H and O–H groups in total. The largest absolute Gasteiger partial charge is 0.510 e. The summed E-state index contributed by atoms with van der Waals surface area (Å²) < 4.78 is 63.0. The summed E-state index contributed by atoms with van der Waals surface area (Å²) in [6, 6.07) is 6.30. The van der Waals surface area contributed by atoms with E-state index in [-0.39, 0.29) is 11.1 Å². The van der Waals surface area contributed by atoms with Crippen LogP contribution in [0, 0.1) is 17.5 Å². The molecule has 1 aliphatic heterocycles. The van der Waals surface area contributed by atoms with Crippen molar-refractivity contribution in [2.45, 2.75) is 50.5 Å². The summed E-state index contributed by atoms with van der Waals surface area (Å²) in [5.74, 6) is -5.49. The van der Waals surface area contributed by atoms with Gasteiger partial charge in [0.1, 0.15) is 15.3 Å². The van der Waals surface area contributed by atoms with E-state index in [0.717, 1.165) is 12.1 Å². The van der Waals surface area contributed by atoms with Gasteiger partial charge in [0.15, 0.2) is 33.1 Å². The number of aliphatic hydroxyl groups excluding tert-OH is 1. The quantitative estimate of drug-likeness (QED) is 0.654. The third-order valence-corrected chi connectivity index (χ3v) is 9.06. The number of ketones is 1. The Hall–Kier alpha value is -2.61. The van der Waals surface area contributed by atoms with Crippen molar-refractivity contribution in [3.05, 3.63) is 64.7 Å². The maximum absolute atomic E-state index is 13.7. The van der Waals surface area contributed by atoms with Crippen molar-refractivity contribution >= 4 is 21.2 Å². The molecule has 0 unspecified atom stereocenters. The minimum Gasteiger partial charge on any atom is -0.510 e. The monoisotopic (exact) mass is 452 g/mol. The zero-order valence-corrected chi connectivity index (χ0v) is 18.6. The number of carbonyl (C=O) groups is 1. The predicted octanol–water partition coefficient (Wildman–Crippen LogP) is 5.16. The van der Waals surface area contributed by atoms with Crippen molar-refractivity contribution in [1.29, 1.82) is 0 Å². The van der Waals surface area contributed by atoms with Crippen molar-refractivity contribution in [2.24, 2.45) is 0 Å². The van der Waals surface area contributed by atoms with Gasteiger partial charge in [-0.1, -0.05) is 25.1 Å². The average molecular weight is 452 g/mol. The number of halogens is 3. The number of carbonyl (C=O) groups excluding carboxylic acids is 1. The van der Waals surface area contributed by atoms with Crippen molar-refractivity contribution < 1.29 is 31.5 Å². The molecule has 2 aromatic rings. The minimum absolute atomic E-state index is 0.0929. The molecule has 0 aliphatic carbocycles. The van der Waals surface area contributed by atoms with Gasteiger partial charge in [-0.05, 0) is 68.5 Å². The lowest BCUT2D eigenvalue weighted by Gasteiger charge is -2.40. The Morgan fingerprint density at radius 3 is 1.97 bits per heavy atom. The van der Waals surface area contributed by atoms with E-state index in [1.54, 1.807) is 13.0 Å². The van der Waals surface area contributed by atoms with Crippen LogP contribution in [0.15, 0.2) is 36.1 Å². The highest BCUT2D eigenvalue weighted by Crippen LogP contribution is 2.46. The van der Waals surface area contributed by atoms with Crippen molar-refractivity contribution in [2.75, 3.05) is 0 Å². The Kier molecular flexibility index (Phi) is 5.37. The summed E-state index contributed by atoms with van der Waals surface area (Å²) >= 11 is 0. The molecular formula is C23H23F3O4S. The fourth-order valence-corrected chi connectivity index (χ4v) is 5.86. The highest BCUT2D eigenvalue weighted by Gasteiger charge is 2.58. The first-order chi connectivity index (χ1) is 14.2. The summed E-state index contributed by atoms with van der Waals surface area (Å²) in [6.45, 7) is 7.09. The maximum atomic E-state index is 13.7. The summed E-state index contributed by atoms with van der Waals surface area (Å²) in [7, 11) is -4.04. The van der Waals surface area contributed by atoms with E-state index in [1.165, 1.54) is 39.8 Å². The number of benzene rings is 2. The van der Waals surface area contributed by atoms with E-state index in [0.29, 0.717) is 23.1 Å². The van der Waals surface area contributed by atoms with Gasteiger partial charge in [0, 0.05) is 0 Å². The molecule has 0 bridgehead atoms. The number of Topliss-reactive ketones (excluding diaryl/α,β-unsaturated/α-hetero) is 1. The Labute approximate surface area is 179 Å². The molecule has 2 aromatic carbocycles. The van der Waals surface area contributed by atoms with Crippen molar-refractivity contribution in [3.8, 4) is 11.1 Å². The zero-order valence-electron chi connectivity index (χ0n) is 17.8. The van der Waals surface area contributed by atoms with Gasteiger partial charge in [-0.25, -0.2) is 21.6 Å². The molecule has 166 valence electrons. The number of aliphatic hydroxyl groups is 1. The Balaban J connectivity index is 2.26. The molecule has 4 nitrogen and oxygen atoms in total. The van der Waals surface area contributed by atoms with Crippen LogP contribution >= 0.6 is 0 Å². The number of allylic oxidation sites excluding steroid dienone is 1. The van der Waals surface area contributed by atoms with Gasteiger partial charge in [0.25, 0.3) is 0 Å². The predicted molar refractivity (Wildman–Crippen MR) is 113 cm³/mol. The molecule has 3 rings (SSSR count). The van der Waals surface area contributed by atoms with Crippen LogP contribution in [0.25, 0.3) is 16.7 Å². The normalized spacial score (nSPS) is 19.5. The molecule has 0 amide bonds. The third kappa shape index (κ3) is 3.19. The molecule has 8 heteroatoms. The molecule has 1 aliphatic rings. The second-order valence-corrected chi connectivity index (χ2v) is 11.6. The van der Waals surface area contributed by atoms with Gasteiger partial charge in [0.05, 0.1) is 5.57 Å². The number of hydrogen-bond acceptors (Lipinski definition) is 4. The summed E-state index contributed by atoms with van der Waals surface area (Å²) in [5, 5.41) is 10.8. The van der Waals surface area contributed by atoms with Crippen molar-refractivity contribution in [3.63, 3.8) is 0 Å². The number of aryl methyl sites for hydroxylation is 1. The van der Waals surface area contributed by atoms with E-state index in [9.17, 15) is 31.5 Å². The average Bonchev–Trinajstić information content (AvgIpc) is 2.70. The van der Waals surface area contributed by atoms with E-state index in [1.807, 2.05) is 0 Å². The van der Waals surface area contributed by atoms with Crippen molar-refractivity contribution in [1.82, 2.24) is 0 Å². The number of rotatable bonds is 3. The molecule has 31 heavy (non-hydrogen) atoms. The first kappa shape index (κ1) is 23.1. The van der Waals surface area contributed by atoms with E-state index in [2.05, 4.69) is 0 Å². The smallest absolute Gasteiger partial charge is 0.194 e. The third-order valence-electron chi connectivity index (χ3n) is 6.00. The standard InChI is InChI=1S/C23H23F3O4S/c1-6-12-9-13(14-10-16(24)19(26)17(25)11-14)7-8-15(12)18-20(27)22(2,3)31(29,30)23(4,5)21(18)28/h7-11,27H,6H2,1-5H3. The molecule has 0 atom stereocenters. The highest BCUT2D eigenvalue weighted by atomic mass is 32.2. The molecule has 1 heterocycles. The van der Waals surface area contributed by atoms with Crippen LogP contribution in [-0.2, 0) is 21.1 Å². The molecular weight excluding hydrogens is 429 g/mol. The van der Waals surface area contributed by atoms with Crippen LogP contribution in [0.4, 0.5) is 13.2 Å². The number of sulfone groups is 1. The molecule has 0 radical (unpaired) electrons. The Morgan fingerprint density at radius 1 is 0.903 bits per heavy atom. The fourth-order valence-electron chi connectivity index (χ4n) is 3.88. The minimum atomic E-state index is -4.04. The van der Waals surface area contributed by atoms with Crippen LogP contribution in [0.3, 0.4) is 0 Å². The summed E-state index contributed by atoms with van der Waals surface area (Å²) in [4.78, 5) is 13.2. The molecule has 0 saturated carbocycles. The second kappa shape index (κ2) is 7.22. The summed E-state index contributed by atoms with van der Waals surface area (Å²) in [5.41, 5.74) is 1.29. The molecule has 0 spiro atoms. The first-order valence-corrected chi connectivity index (χ1v) is 11.2. The lowest BCUT2D eigenvalue weighted by atomic mass is 9.85. The van der Waals surface area contributed by atoms with Gasteiger partial charge in [-0.15, -0.1) is 0 Å². The number of hydrogen-bond donors (Lipinski definition) is 1. The van der Waals surface area contributed by atoms with Gasteiger partial charge >= 0.3 is 0 Å². The topological polar surface area (TPSA) is 71.4 Å². The second-order valence-electron chi connectivity index (χ2n) is 8.56. The zero-order chi connectivity index (χ0) is 23.5. The lowest BCUT2D eigenvalue weighted by molar-refractivity contribution is -0.115. The Morgan fingerprint density at radius 2 is 1.45 bits per heavy atom. The maximum Gasteiger partial charge on any atom is 0.194 e. The van der Waals surface area contributed by atoms with Crippen LogP contribution < -0.4 is 0 Å². The molecule has 0 fully saturated rings. The van der Waals surface area contributed by atoms with E-state index >= 15 is 0 Å². The summed E-state index contributed by atoms with van der Waals surface area (Å²) in [6.07, 6.45) is 0.382. The van der Waals surface area contributed by atoms with E-state index in [4.69, 9.17) is 0 Å². The highest BCUT2D eigenvalue weighted by molar-refractivity contribution is 7.95. The first-order valence-electron chi connectivity index (χ1n) is 9.69. The fraction of sp³-hybridized carbons (Fsp3) is 0.348. The van der Waals surface area contributed by atoms with Crippen LogP contribution in [0.5, 0.6) is 0 Å². The van der Waals surface area contributed by atoms with Crippen LogP contribution in [0.2, 0.25) is 0 Å². The molecule has 0 aromatic heterocycles. The SMILES string of the molecule is CCc1cc(-c2cc(F)c(F)c(F)c2)ccc1C1=C(O)C(C)(C)S(=O)(=O)C(C)(C)C1=O. The van der Waals surface area contributed by atoms with Gasteiger partial charge in [-0.3, -0.25) is 4.79 Å². The van der Waals surface area contributed by atoms with Gasteiger partial charge < -0.3 is 5.11 Å². The van der Waals surface area contributed by atoms with Crippen LogP contribution in [-0.4, -0.2) is 28.8 Å². The van der Waals surface area contributed by atoms with Crippen LogP contribution in [0.1, 0.15) is 45.7 Å². The lowest BCUT2D eigenvalue weighted by Crippen LogP contribution is -2.55. The van der Waals surface area contributed by atoms with Gasteiger partial charge in [0.2, 0.25) is 0 Å².